The summed E-state index contributed by atoms with van der Waals surface area (Å²) in [5.41, 5.74) is 5.20. The Labute approximate surface area is 75.9 Å². The molecule has 1 atom stereocenters. The second kappa shape index (κ2) is 4.50. The van der Waals surface area contributed by atoms with Crippen molar-refractivity contribution in [2.24, 2.45) is 11.7 Å². The predicted molar refractivity (Wildman–Crippen MR) is 44.4 cm³/mol. The van der Waals surface area contributed by atoms with E-state index < -0.39 is 12.3 Å². The second-order valence-corrected chi connectivity index (χ2v) is 3.26. The molecule has 0 aromatic rings. The maximum atomic E-state index is 12.2. The quantitative estimate of drug-likeness (QED) is 0.705. The summed E-state index contributed by atoms with van der Waals surface area (Å²) in [7, 11) is 0. The lowest BCUT2D eigenvalue weighted by atomic mass is 10.1. The third-order valence-electron chi connectivity index (χ3n) is 2.29. The van der Waals surface area contributed by atoms with Crippen molar-refractivity contribution in [3.8, 4) is 0 Å². The van der Waals surface area contributed by atoms with E-state index >= 15 is 0 Å². The zero-order valence-electron chi connectivity index (χ0n) is 7.38. The third kappa shape index (κ3) is 2.62. The van der Waals surface area contributed by atoms with Crippen LogP contribution in [0.15, 0.2) is 0 Å². The minimum Gasteiger partial charge on any atom is -0.342 e. The molecule has 1 saturated heterocycles. The van der Waals surface area contributed by atoms with Gasteiger partial charge in [-0.05, 0) is 6.42 Å². The third-order valence-corrected chi connectivity index (χ3v) is 2.29. The lowest BCUT2D eigenvalue weighted by Gasteiger charge is -2.15. The van der Waals surface area contributed by atoms with E-state index in [1.807, 2.05) is 0 Å². The van der Waals surface area contributed by atoms with Crippen LogP contribution in [0.25, 0.3) is 0 Å². The molecule has 1 heterocycles. The molecule has 0 aromatic heterocycles. The van der Waals surface area contributed by atoms with Gasteiger partial charge in [0.2, 0.25) is 12.3 Å². The van der Waals surface area contributed by atoms with Crippen molar-refractivity contribution in [2.45, 2.75) is 19.3 Å². The van der Waals surface area contributed by atoms with Gasteiger partial charge in [0.05, 0.1) is 0 Å². The van der Waals surface area contributed by atoms with E-state index in [-0.39, 0.29) is 25.4 Å². The fourth-order valence-electron chi connectivity index (χ4n) is 1.50. The number of alkyl halides is 2. The largest absolute Gasteiger partial charge is 0.342 e. The Balaban J connectivity index is 2.36. The number of nitrogens with two attached hydrogens (primary N) is 1. The van der Waals surface area contributed by atoms with E-state index in [0.717, 1.165) is 0 Å². The van der Waals surface area contributed by atoms with Gasteiger partial charge in [0.15, 0.2) is 0 Å². The number of hydrogen-bond acceptors (Lipinski definition) is 2. The van der Waals surface area contributed by atoms with Crippen LogP contribution in [0.5, 0.6) is 0 Å². The van der Waals surface area contributed by atoms with Crippen LogP contribution in [0.3, 0.4) is 0 Å². The van der Waals surface area contributed by atoms with E-state index in [9.17, 15) is 13.6 Å². The molecule has 1 fully saturated rings. The van der Waals surface area contributed by atoms with Crippen LogP contribution in [0.2, 0.25) is 0 Å². The summed E-state index contributed by atoms with van der Waals surface area (Å²) in [6.07, 6.45) is -1.64. The van der Waals surface area contributed by atoms with Crippen molar-refractivity contribution in [3.05, 3.63) is 0 Å². The molecule has 13 heavy (non-hydrogen) atoms. The van der Waals surface area contributed by atoms with Gasteiger partial charge in [-0.3, -0.25) is 4.79 Å². The first-order chi connectivity index (χ1) is 6.15. The van der Waals surface area contributed by atoms with Gasteiger partial charge in [-0.25, -0.2) is 8.78 Å². The van der Waals surface area contributed by atoms with Gasteiger partial charge in [0, 0.05) is 32.0 Å². The monoisotopic (exact) mass is 192 g/mol. The minimum absolute atomic E-state index is 0.106. The summed E-state index contributed by atoms with van der Waals surface area (Å²) in [6, 6.07) is 0. The highest BCUT2D eigenvalue weighted by molar-refractivity contribution is 5.76. The Morgan fingerprint density at radius 2 is 2.31 bits per heavy atom. The molecule has 0 saturated carbocycles. The van der Waals surface area contributed by atoms with Crippen LogP contribution in [0, 0.1) is 5.92 Å². The molecule has 0 bridgehead atoms. The zero-order chi connectivity index (χ0) is 9.84. The summed E-state index contributed by atoms with van der Waals surface area (Å²) in [6.45, 7) is 0.930. The number of carbonyl (C=O) groups is 1. The number of hydrogen-bond donors (Lipinski definition) is 1. The van der Waals surface area contributed by atoms with Crippen LogP contribution < -0.4 is 5.73 Å². The second-order valence-electron chi connectivity index (χ2n) is 3.26. The fraction of sp³-hybridized carbons (Fsp3) is 0.875. The number of carbonyl (C=O) groups excluding carboxylic acids is 1. The standard InChI is InChI=1S/C8H14F2N2O/c9-8(10)6-2-4-12(5-6)7(13)1-3-11/h6,8H,1-5,11H2/t6-/m0/s1. The highest BCUT2D eigenvalue weighted by atomic mass is 19.3. The van der Waals surface area contributed by atoms with E-state index in [2.05, 4.69) is 0 Å². The SMILES string of the molecule is NCCC(=O)N1CC[C@H](C(F)F)C1. The minimum atomic E-state index is -2.31. The van der Waals surface area contributed by atoms with Crippen molar-refractivity contribution in [2.75, 3.05) is 19.6 Å². The van der Waals surface area contributed by atoms with Crippen molar-refractivity contribution < 1.29 is 13.6 Å². The van der Waals surface area contributed by atoms with Gasteiger partial charge in [-0.15, -0.1) is 0 Å². The maximum absolute atomic E-state index is 12.2. The molecule has 1 rings (SSSR count). The normalized spacial score (nSPS) is 22.8. The summed E-state index contributed by atoms with van der Waals surface area (Å²) < 4.78 is 24.4. The van der Waals surface area contributed by atoms with Crippen molar-refractivity contribution >= 4 is 5.91 Å². The van der Waals surface area contributed by atoms with Gasteiger partial charge in [-0.1, -0.05) is 0 Å². The molecule has 3 nitrogen and oxygen atoms in total. The van der Waals surface area contributed by atoms with Crippen molar-refractivity contribution in [3.63, 3.8) is 0 Å². The van der Waals surface area contributed by atoms with Gasteiger partial charge >= 0.3 is 0 Å². The Bertz CT molecular complexity index is 187. The Hall–Kier alpha value is -0.710. The van der Waals surface area contributed by atoms with E-state index in [0.29, 0.717) is 13.0 Å². The Morgan fingerprint density at radius 3 is 2.77 bits per heavy atom. The van der Waals surface area contributed by atoms with Crippen LogP contribution in [-0.4, -0.2) is 36.9 Å². The number of nitrogens with zero attached hydrogens (tertiary/aromatic N) is 1. The van der Waals surface area contributed by atoms with Crippen molar-refractivity contribution in [1.29, 1.82) is 0 Å². The first-order valence-electron chi connectivity index (χ1n) is 4.41. The number of amides is 1. The van der Waals surface area contributed by atoms with Crippen LogP contribution in [0.4, 0.5) is 8.78 Å². The molecule has 0 spiro atoms. The molecule has 0 aliphatic carbocycles. The predicted octanol–water partition coefficient (Wildman–Crippen LogP) is 0.449. The Kier molecular flexibility index (Phi) is 3.59. The summed E-state index contributed by atoms with van der Waals surface area (Å²) in [5, 5.41) is 0. The van der Waals surface area contributed by atoms with Gasteiger partial charge in [0.1, 0.15) is 0 Å². The van der Waals surface area contributed by atoms with Crippen LogP contribution >= 0.6 is 0 Å². The molecule has 76 valence electrons. The molecule has 1 aliphatic heterocycles. The molecule has 1 amide bonds. The highest BCUT2D eigenvalue weighted by Crippen LogP contribution is 2.22. The average molecular weight is 192 g/mol. The smallest absolute Gasteiger partial charge is 0.243 e. The van der Waals surface area contributed by atoms with Crippen LogP contribution in [-0.2, 0) is 4.79 Å². The lowest BCUT2D eigenvalue weighted by molar-refractivity contribution is -0.130. The lowest BCUT2D eigenvalue weighted by Crippen LogP contribution is -2.31. The first kappa shape index (κ1) is 10.4. The van der Waals surface area contributed by atoms with Gasteiger partial charge in [0.25, 0.3) is 0 Å². The van der Waals surface area contributed by atoms with Crippen LogP contribution in [0.1, 0.15) is 12.8 Å². The molecule has 0 unspecified atom stereocenters. The van der Waals surface area contributed by atoms with E-state index in [4.69, 9.17) is 5.73 Å². The fourth-order valence-corrected chi connectivity index (χ4v) is 1.50. The summed E-state index contributed by atoms with van der Waals surface area (Å²) in [5.74, 6) is -0.743. The topological polar surface area (TPSA) is 46.3 Å². The molecule has 5 heteroatoms. The number of likely N-dealkylation sites (tertiary alicyclic amines) is 1. The molecular formula is C8H14F2N2O. The summed E-state index contributed by atoms with van der Waals surface area (Å²) in [4.78, 5) is 12.7. The van der Waals surface area contributed by atoms with Gasteiger partial charge in [-0.2, -0.15) is 0 Å². The summed E-state index contributed by atoms with van der Waals surface area (Å²) >= 11 is 0. The molecule has 2 N–H and O–H groups in total. The molecule has 1 aliphatic rings. The maximum Gasteiger partial charge on any atom is 0.243 e. The van der Waals surface area contributed by atoms with E-state index in [1.165, 1.54) is 4.90 Å². The Morgan fingerprint density at radius 1 is 1.62 bits per heavy atom. The van der Waals surface area contributed by atoms with Crippen molar-refractivity contribution in [1.82, 2.24) is 4.90 Å². The van der Waals surface area contributed by atoms with Gasteiger partial charge < -0.3 is 10.6 Å². The number of halogens is 2. The van der Waals surface area contributed by atoms with E-state index in [1.54, 1.807) is 0 Å². The molecular weight excluding hydrogens is 178 g/mol. The molecule has 0 aromatic carbocycles. The first-order valence-corrected chi connectivity index (χ1v) is 4.41. The average Bonchev–Trinajstić information content (AvgIpc) is 2.52. The molecule has 0 radical (unpaired) electrons. The zero-order valence-corrected chi connectivity index (χ0v) is 7.38. The highest BCUT2D eigenvalue weighted by Gasteiger charge is 2.31. The number of rotatable bonds is 3.